The van der Waals surface area contributed by atoms with E-state index in [9.17, 15) is 8.42 Å². The average molecular weight is 310 g/mol. The minimum Gasteiger partial charge on any atom is -0.320 e. The number of rotatable bonds is 10. The van der Waals surface area contributed by atoms with Gasteiger partial charge in [0.05, 0.1) is 4.90 Å². The molecule has 1 aromatic carbocycles. The fraction of sp³-hybridized carbons (Fsp3) is 0.500. The Hall–Kier alpha value is -1.17. The van der Waals surface area contributed by atoms with Gasteiger partial charge in [0, 0.05) is 13.6 Å². The van der Waals surface area contributed by atoms with Gasteiger partial charge in [-0.15, -0.1) is 6.58 Å². The summed E-state index contributed by atoms with van der Waals surface area (Å²) in [4.78, 5) is 0.362. The van der Waals surface area contributed by atoms with Crippen LogP contribution in [0.1, 0.15) is 24.8 Å². The van der Waals surface area contributed by atoms with Gasteiger partial charge in [0.15, 0.2) is 0 Å². The standard InChI is InChI=1S/C16H26N2O2S/c1-4-5-6-14-18(3)21(19,20)16-11-9-15(10-12-16)8-7-13-17-2/h4,9-12,17H,1,5-8,13-14H2,2-3H3. The maximum atomic E-state index is 12.4. The molecule has 0 fully saturated rings. The van der Waals surface area contributed by atoms with Crippen molar-refractivity contribution in [3.05, 3.63) is 42.5 Å². The lowest BCUT2D eigenvalue weighted by atomic mass is 10.1. The van der Waals surface area contributed by atoms with Crippen LogP contribution >= 0.6 is 0 Å². The maximum absolute atomic E-state index is 12.4. The van der Waals surface area contributed by atoms with Crippen LogP contribution in [0.25, 0.3) is 0 Å². The Kier molecular flexibility index (Phi) is 7.64. The van der Waals surface area contributed by atoms with Crippen molar-refractivity contribution in [3.8, 4) is 0 Å². The molecule has 5 heteroatoms. The summed E-state index contributed by atoms with van der Waals surface area (Å²) in [5.41, 5.74) is 1.17. The Bertz CT molecular complexity index is 524. The van der Waals surface area contributed by atoms with Crippen molar-refractivity contribution in [2.45, 2.75) is 30.6 Å². The summed E-state index contributed by atoms with van der Waals surface area (Å²) in [5.74, 6) is 0. The maximum Gasteiger partial charge on any atom is 0.242 e. The molecule has 0 radical (unpaired) electrons. The van der Waals surface area contributed by atoms with Crippen LogP contribution in [0, 0.1) is 0 Å². The highest BCUT2D eigenvalue weighted by atomic mass is 32.2. The van der Waals surface area contributed by atoms with Crippen molar-refractivity contribution < 1.29 is 8.42 Å². The molecular weight excluding hydrogens is 284 g/mol. The topological polar surface area (TPSA) is 49.4 Å². The Morgan fingerprint density at radius 1 is 1.24 bits per heavy atom. The second-order valence-electron chi connectivity index (χ2n) is 5.11. The van der Waals surface area contributed by atoms with Crippen molar-refractivity contribution in [1.82, 2.24) is 9.62 Å². The van der Waals surface area contributed by atoms with Gasteiger partial charge in [0.2, 0.25) is 10.0 Å². The summed E-state index contributed by atoms with van der Waals surface area (Å²) in [6.07, 6.45) is 5.42. The number of aryl methyl sites for hydroxylation is 1. The monoisotopic (exact) mass is 310 g/mol. The molecule has 0 aromatic heterocycles. The predicted octanol–water partition coefficient (Wildman–Crippen LogP) is 2.43. The summed E-state index contributed by atoms with van der Waals surface area (Å²) in [6.45, 7) is 5.12. The lowest BCUT2D eigenvalue weighted by Gasteiger charge is -2.17. The molecule has 1 rings (SSSR count). The van der Waals surface area contributed by atoms with E-state index in [1.807, 2.05) is 19.2 Å². The van der Waals surface area contributed by atoms with Crippen LogP contribution in [0.15, 0.2) is 41.8 Å². The number of nitrogens with zero attached hydrogens (tertiary/aromatic N) is 1. The molecule has 21 heavy (non-hydrogen) atoms. The number of benzene rings is 1. The average Bonchev–Trinajstić information content (AvgIpc) is 2.48. The van der Waals surface area contributed by atoms with Gasteiger partial charge in [-0.3, -0.25) is 0 Å². The zero-order valence-corrected chi connectivity index (χ0v) is 13.8. The van der Waals surface area contributed by atoms with E-state index < -0.39 is 10.0 Å². The molecule has 0 saturated carbocycles. The van der Waals surface area contributed by atoms with Gasteiger partial charge < -0.3 is 5.32 Å². The minimum absolute atomic E-state index is 0.362. The Morgan fingerprint density at radius 3 is 2.48 bits per heavy atom. The van der Waals surface area contributed by atoms with Crippen LogP contribution in [0.3, 0.4) is 0 Å². The molecular formula is C16H26N2O2S. The van der Waals surface area contributed by atoms with Crippen molar-refractivity contribution in [1.29, 1.82) is 0 Å². The fourth-order valence-electron chi connectivity index (χ4n) is 2.06. The van der Waals surface area contributed by atoms with Crippen LogP contribution < -0.4 is 5.32 Å². The number of nitrogens with one attached hydrogen (secondary N) is 1. The third kappa shape index (κ3) is 5.61. The minimum atomic E-state index is -3.37. The summed E-state index contributed by atoms with van der Waals surface area (Å²) < 4.78 is 26.2. The number of hydrogen-bond donors (Lipinski definition) is 1. The van der Waals surface area contributed by atoms with E-state index in [1.54, 1.807) is 25.3 Å². The van der Waals surface area contributed by atoms with E-state index in [-0.39, 0.29) is 0 Å². The van der Waals surface area contributed by atoms with E-state index in [1.165, 1.54) is 9.87 Å². The molecule has 1 N–H and O–H groups in total. The molecule has 0 unspecified atom stereocenters. The molecule has 0 spiro atoms. The second kappa shape index (κ2) is 8.97. The summed E-state index contributed by atoms with van der Waals surface area (Å²) in [5, 5.41) is 3.10. The van der Waals surface area contributed by atoms with Crippen LogP contribution in [0.5, 0.6) is 0 Å². The van der Waals surface area contributed by atoms with E-state index in [0.717, 1.165) is 32.2 Å². The quantitative estimate of drug-likeness (QED) is 0.533. The first-order valence-corrected chi connectivity index (χ1v) is 8.77. The highest BCUT2D eigenvalue weighted by molar-refractivity contribution is 7.89. The molecule has 0 aliphatic carbocycles. The largest absolute Gasteiger partial charge is 0.320 e. The summed E-state index contributed by atoms with van der Waals surface area (Å²) in [7, 11) is 0.178. The normalized spacial score (nSPS) is 11.8. The zero-order chi connectivity index (χ0) is 15.7. The number of unbranched alkanes of at least 4 members (excludes halogenated alkanes) is 1. The van der Waals surface area contributed by atoms with Gasteiger partial charge >= 0.3 is 0 Å². The highest BCUT2D eigenvalue weighted by Gasteiger charge is 2.19. The molecule has 118 valence electrons. The smallest absolute Gasteiger partial charge is 0.242 e. The molecule has 0 aliphatic heterocycles. The van der Waals surface area contributed by atoms with Crippen LogP contribution in [0.2, 0.25) is 0 Å². The van der Waals surface area contributed by atoms with Gasteiger partial charge in [-0.1, -0.05) is 18.2 Å². The molecule has 4 nitrogen and oxygen atoms in total. The Labute approximate surface area is 128 Å². The first kappa shape index (κ1) is 17.9. The van der Waals surface area contributed by atoms with Gasteiger partial charge in [-0.2, -0.15) is 0 Å². The summed E-state index contributed by atoms with van der Waals surface area (Å²) >= 11 is 0. The molecule has 0 atom stereocenters. The third-order valence-electron chi connectivity index (χ3n) is 3.41. The fourth-order valence-corrected chi connectivity index (χ4v) is 3.27. The predicted molar refractivity (Wildman–Crippen MR) is 87.9 cm³/mol. The second-order valence-corrected chi connectivity index (χ2v) is 7.15. The van der Waals surface area contributed by atoms with E-state index in [0.29, 0.717) is 11.4 Å². The van der Waals surface area contributed by atoms with Crippen molar-refractivity contribution in [2.24, 2.45) is 0 Å². The van der Waals surface area contributed by atoms with Crippen molar-refractivity contribution in [2.75, 3.05) is 27.2 Å². The van der Waals surface area contributed by atoms with Crippen LogP contribution in [0.4, 0.5) is 0 Å². The van der Waals surface area contributed by atoms with Gasteiger partial charge in [-0.05, 0) is 57.0 Å². The van der Waals surface area contributed by atoms with Gasteiger partial charge in [0.1, 0.15) is 0 Å². The summed E-state index contributed by atoms with van der Waals surface area (Å²) in [6, 6.07) is 7.21. The Balaban J connectivity index is 2.68. The molecule has 0 bridgehead atoms. The SMILES string of the molecule is C=CCCCN(C)S(=O)(=O)c1ccc(CCCNC)cc1. The molecule has 0 aliphatic rings. The molecule has 1 aromatic rings. The Morgan fingerprint density at radius 2 is 1.90 bits per heavy atom. The van der Waals surface area contributed by atoms with Crippen LogP contribution in [-0.2, 0) is 16.4 Å². The lowest BCUT2D eigenvalue weighted by Crippen LogP contribution is -2.27. The highest BCUT2D eigenvalue weighted by Crippen LogP contribution is 2.16. The first-order chi connectivity index (χ1) is 10.0. The van der Waals surface area contributed by atoms with Gasteiger partial charge in [0.25, 0.3) is 0 Å². The van der Waals surface area contributed by atoms with Gasteiger partial charge in [-0.25, -0.2) is 12.7 Å². The lowest BCUT2D eigenvalue weighted by molar-refractivity contribution is 0.463. The molecule has 0 saturated heterocycles. The first-order valence-electron chi connectivity index (χ1n) is 7.33. The van der Waals surface area contributed by atoms with Crippen molar-refractivity contribution >= 4 is 10.0 Å². The number of sulfonamides is 1. The zero-order valence-electron chi connectivity index (χ0n) is 13.0. The van der Waals surface area contributed by atoms with Crippen LogP contribution in [-0.4, -0.2) is 39.9 Å². The van der Waals surface area contributed by atoms with E-state index in [4.69, 9.17) is 0 Å². The van der Waals surface area contributed by atoms with Crippen molar-refractivity contribution in [3.63, 3.8) is 0 Å². The van der Waals surface area contributed by atoms with E-state index in [2.05, 4.69) is 11.9 Å². The third-order valence-corrected chi connectivity index (χ3v) is 5.28. The molecule has 0 amide bonds. The number of allylic oxidation sites excluding steroid dienone is 1. The van der Waals surface area contributed by atoms with E-state index >= 15 is 0 Å². The molecule has 0 heterocycles. The number of hydrogen-bond acceptors (Lipinski definition) is 3.